The first-order chi connectivity index (χ1) is 15.9. The van der Waals surface area contributed by atoms with Gasteiger partial charge in [-0.15, -0.1) is 0 Å². The van der Waals surface area contributed by atoms with Crippen molar-refractivity contribution >= 4 is 12.0 Å². The quantitative estimate of drug-likeness (QED) is 0.671. The van der Waals surface area contributed by atoms with E-state index in [0.29, 0.717) is 11.5 Å². The summed E-state index contributed by atoms with van der Waals surface area (Å²) in [6.45, 7) is 7.38. The second-order valence-corrected chi connectivity index (χ2v) is 10.5. The van der Waals surface area contributed by atoms with Gasteiger partial charge in [0.05, 0.1) is 25.7 Å². The normalized spacial score (nSPS) is 21.9. The third kappa shape index (κ3) is 6.23. The van der Waals surface area contributed by atoms with E-state index >= 15 is 0 Å². The van der Waals surface area contributed by atoms with Crippen LogP contribution < -0.4 is 5.32 Å². The molecule has 1 saturated carbocycles. The minimum Gasteiger partial charge on any atom is -0.444 e. The van der Waals surface area contributed by atoms with E-state index in [1.165, 1.54) is 15.9 Å². The topological polar surface area (TPSA) is 85.7 Å². The van der Waals surface area contributed by atoms with Crippen molar-refractivity contribution in [3.05, 3.63) is 35.4 Å². The Morgan fingerprint density at radius 2 is 1.85 bits per heavy atom. The van der Waals surface area contributed by atoms with Gasteiger partial charge < -0.3 is 19.9 Å². The molecule has 1 saturated heterocycles. The predicted molar refractivity (Wildman–Crippen MR) is 122 cm³/mol. The maximum atomic E-state index is 13.8. The van der Waals surface area contributed by atoms with Crippen LogP contribution in [-0.4, -0.2) is 58.6 Å². The summed E-state index contributed by atoms with van der Waals surface area (Å²) in [6.07, 6.45) is 3.59. The van der Waals surface area contributed by atoms with Crippen LogP contribution >= 0.6 is 0 Å². The van der Waals surface area contributed by atoms with E-state index in [4.69, 9.17) is 4.74 Å². The van der Waals surface area contributed by atoms with Gasteiger partial charge in [0.2, 0.25) is 5.91 Å². The molecule has 0 aromatic heterocycles. The van der Waals surface area contributed by atoms with Gasteiger partial charge in [-0.2, -0.15) is 5.26 Å². The van der Waals surface area contributed by atoms with Crippen LogP contribution in [0.15, 0.2) is 18.2 Å². The number of rotatable bonds is 6. The van der Waals surface area contributed by atoms with Crippen LogP contribution in [0.5, 0.6) is 0 Å². The van der Waals surface area contributed by atoms with Gasteiger partial charge in [0.1, 0.15) is 5.60 Å². The largest absolute Gasteiger partial charge is 0.444 e. The van der Waals surface area contributed by atoms with Gasteiger partial charge in [-0.3, -0.25) is 4.79 Å². The summed E-state index contributed by atoms with van der Waals surface area (Å²) in [5.41, 5.74) is -1.60. The number of nitrogens with zero attached hydrogens (tertiary/aromatic N) is 3. The Labute approximate surface area is 200 Å². The molecule has 2 fully saturated rings. The van der Waals surface area contributed by atoms with Crippen molar-refractivity contribution in [1.29, 1.82) is 5.26 Å². The number of hydrogen-bond donors (Lipinski definition) is 1. The fraction of sp³-hybridized carbons (Fsp3) is 0.640. The molecular formula is C25H34F2N4O3. The van der Waals surface area contributed by atoms with E-state index in [1.807, 2.05) is 0 Å². The SMILES string of the molecule is CC1CCC(NCC(=O)N(Cc2ccc(F)c(F)c2)C2(C#N)CN(C(=O)OC(C)(C)C)C2)CC1. The van der Waals surface area contributed by atoms with Crippen molar-refractivity contribution in [2.45, 2.75) is 77.1 Å². The summed E-state index contributed by atoms with van der Waals surface area (Å²) in [5, 5.41) is 13.3. The molecule has 34 heavy (non-hydrogen) atoms. The average Bonchev–Trinajstić information content (AvgIpc) is 2.73. The van der Waals surface area contributed by atoms with Crippen molar-refractivity contribution in [3.63, 3.8) is 0 Å². The van der Waals surface area contributed by atoms with Crippen LogP contribution in [0.1, 0.15) is 58.9 Å². The van der Waals surface area contributed by atoms with Gasteiger partial charge in [0.15, 0.2) is 17.2 Å². The first-order valence-corrected chi connectivity index (χ1v) is 11.8. The highest BCUT2D eigenvalue weighted by Crippen LogP contribution is 2.31. The van der Waals surface area contributed by atoms with Gasteiger partial charge in [0.25, 0.3) is 0 Å². The van der Waals surface area contributed by atoms with E-state index in [-0.39, 0.29) is 38.1 Å². The highest BCUT2D eigenvalue weighted by Gasteiger charge is 2.53. The Bertz CT molecular complexity index is 942. The van der Waals surface area contributed by atoms with E-state index in [9.17, 15) is 23.6 Å². The summed E-state index contributed by atoms with van der Waals surface area (Å²) in [5.74, 6) is -1.65. The number of nitrogens with one attached hydrogen (secondary N) is 1. The van der Waals surface area contributed by atoms with Crippen LogP contribution in [0.2, 0.25) is 0 Å². The summed E-state index contributed by atoms with van der Waals surface area (Å²) in [6, 6.07) is 5.84. The lowest BCUT2D eigenvalue weighted by Crippen LogP contribution is -2.72. The molecule has 1 aromatic rings. The van der Waals surface area contributed by atoms with Gasteiger partial charge in [-0.05, 0) is 70.1 Å². The van der Waals surface area contributed by atoms with Crippen LogP contribution in [0.3, 0.4) is 0 Å². The minimum absolute atomic E-state index is 0.0191. The number of carbonyl (C=O) groups excluding carboxylic acids is 2. The second-order valence-electron chi connectivity index (χ2n) is 10.5. The molecule has 0 radical (unpaired) electrons. The number of nitriles is 1. The molecule has 1 N–H and O–H groups in total. The lowest BCUT2D eigenvalue weighted by Gasteiger charge is -2.51. The Hall–Kier alpha value is -2.73. The van der Waals surface area contributed by atoms with Crippen molar-refractivity contribution in [3.8, 4) is 6.07 Å². The Kier molecular flexibility index (Phi) is 7.81. The molecule has 9 heteroatoms. The van der Waals surface area contributed by atoms with Gasteiger partial charge in [-0.1, -0.05) is 13.0 Å². The van der Waals surface area contributed by atoms with E-state index in [2.05, 4.69) is 18.3 Å². The number of benzene rings is 1. The molecule has 1 heterocycles. The summed E-state index contributed by atoms with van der Waals surface area (Å²) >= 11 is 0. The zero-order valence-electron chi connectivity index (χ0n) is 20.4. The zero-order chi connectivity index (χ0) is 25.1. The third-order valence-corrected chi connectivity index (χ3v) is 6.46. The molecule has 1 aromatic carbocycles. The summed E-state index contributed by atoms with van der Waals surface area (Å²) in [4.78, 5) is 28.5. The lowest BCUT2D eigenvalue weighted by atomic mass is 9.87. The maximum Gasteiger partial charge on any atom is 0.410 e. The monoisotopic (exact) mass is 476 g/mol. The molecule has 0 bridgehead atoms. The fourth-order valence-corrected chi connectivity index (χ4v) is 4.43. The van der Waals surface area contributed by atoms with Gasteiger partial charge in [-0.25, -0.2) is 13.6 Å². The number of carbonyl (C=O) groups is 2. The van der Waals surface area contributed by atoms with Crippen molar-refractivity contribution in [2.75, 3.05) is 19.6 Å². The molecule has 1 aliphatic heterocycles. The molecule has 2 aliphatic rings. The number of amides is 2. The maximum absolute atomic E-state index is 13.8. The van der Waals surface area contributed by atoms with E-state index < -0.39 is 28.9 Å². The highest BCUT2D eigenvalue weighted by molar-refractivity contribution is 5.81. The average molecular weight is 477 g/mol. The standard InChI is InChI=1S/C25H34F2N4O3/c1-17-5-8-19(9-6-17)29-12-22(32)31(13-18-7-10-20(26)21(27)11-18)25(14-28)15-30(16-25)23(33)34-24(2,3)4/h7,10-11,17,19,29H,5-6,8-9,12-13,15-16H2,1-4H3. The Morgan fingerprint density at radius 1 is 1.21 bits per heavy atom. The van der Waals surface area contributed by atoms with Crippen molar-refractivity contribution in [1.82, 2.24) is 15.1 Å². The molecular weight excluding hydrogens is 442 g/mol. The Balaban J connectivity index is 1.75. The lowest BCUT2D eigenvalue weighted by molar-refractivity contribution is -0.142. The highest BCUT2D eigenvalue weighted by atomic mass is 19.2. The van der Waals surface area contributed by atoms with Crippen molar-refractivity contribution < 1.29 is 23.1 Å². The number of halogens is 2. The minimum atomic E-state index is -1.28. The third-order valence-electron chi connectivity index (χ3n) is 6.46. The first-order valence-electron chi connectivity index (χ1n) is 11.8. The molecule has 3 rings (SSSR count). The number of likely N-dealkylation sites (tertiary alicyclic amines) is 1. The Morgan fingerprint density at radius 3 is 2.41 bits per heavy atom. The van der Waals surface area contributed by atoms with Gasteiger partial charge in [0, 0.05) is 12.6 Å². The molecule has 1 aliphatic carbocycles. The fourth-order valence-electron chi connectivity index (χ4n) is 4.43. The number of hydrogen-bond acceptors (Lipinski definition) is 5. The van der Waals surface area contributed by atoms with E-state index in [1.54, 1.807) is 20.8 Å². The smallest absolute Gasteiger partial charge is 0.410 e. The predicted octanol–water partition coefficient (Wildman–Crippen LogP) is 3.97. The van der Waals surface area contributed by atoms with Crippen LogP contribution in [0.25, 0.3) is 0 Å². The van der Waals surface area contributed by atoms with Gasteiger partial charge >= 0.3 is 6.09 Å². The summed E-state index contributed by atoms with van der Waals surface area (Å²) < 4.78 is 32.6. The second kappa shape index (κ2) is 10.3. The summed E-state index contributed by atoms with van der Waals surface area (Å²) in [7, 11) is 0. The van der Waals surface area contributed by atoms with E-state index in [0.717, 1.165) is 37.8 Å². The molecule has 7 nitrogen and oxygen atoms in total. The molecule has 2 amide bonds. The van der Waals surface area contributed by atoms with Crippen LogP contribution in [0, 0.1) is 28.9 Å². The zero-order valence-corrected chi connectivity index (χ0v) is 20.4. The first kappa shape index (κ1) is 25.9. The van der Waals surface area contributed by atoms with Crippen LogP contribution in [0.4, 0.5) is 13.6 Å². The van der Waals surface area contributed by atoms with Crippen LogP contribution in [-0.2, 0) is 16.1 Å². The molecule has 0 unspecified atom stereocenters. The molecule has 0 spiro atoms. The molecule has 186 valence electrons. The molecule has 0 atom stereocenters. The van der Waals surface area contributed by atoms with Crippen molar-refractivity contribution in [2.24, 2.45) is 5.92 Å². The number of ether oxygens (including phenoxy) is 1.